The molecule has 2 N–H and O–H groups in total. The zero-order chi connectivity index (χ0) is 14.6. The van der Waals surface area contributed by atoms with Gasteiger partial charge >= 0.3 is 6.18 Å². The van der Waals surface area contributed by atoms with Crippen LogP contribution in [0.2, 0.25) is 0 Å². The van der Waals surface area contributed by atoms with E-state index in [9.17, 15) is 18.0 Å². The van der Waals surface area contributed by atoms with E-state index in [2.05, 4.69) is 0 Å². The lowest BCUT2D eigenvalue weighted by Crippen LogP contribution is -2.34. The number of anilines is 1. The second kappa shape index (κ2) is 5.61. The maximum atomic E-state index is 12.5. The molecule has 0 fully saturated rings. The molecule has 1 aromatic carbocycles. The number of amides is 1. The second-order valence-corrected chi connectivity index (χ2v) is 3.82. The van der Waals surface area contributed by atoms with Gasteiger partial charge in [0, 0.05) is 6.54 Å². The number of rotatable bonds is 4. The fourth-order valence-electron chi connectivity index (χ4n) is 1.63. The number of hydrogen-bond acceptors (Lipinski definition) is 3. The number of likely N-dealkylation sites (N-methyl/N-ethyl adjacent to an activating group) is 1. The minimum Gasteiger partial charge on any atom is -0.368 e. The minimum absolute atomic E-state index is 0.141. The van der Waals surface area contributed by atoms with E-state index in [-0.39, 0.29) is 17.8 Å². The Hall–Kier alpha value is -2.23. The molecule has 0 radical (unpaired) electrons. The van der Waals surface area contributed by atoms with Crippen LogP contribution in [-0.4, -0.2) is 19.0 Å². The van der Waals surface area contributed by atoms with E-state index in [1.54, 1.807) is 13.0 Å². The Balaban J connectivity index is 3.22. The summed E-state index contributed by atoms with van der Waals surface area (Å²) in [4.78, 5) is 12.3. The fraction of sp³-hybridized carbons (Fsp3) is 0.333. The van der Waals surface area contributed by atoms with E-state index >= 15 is 0 Å². The van der Waals surface area contributed by atoms with E-state index in [0.717, 1.165) is 12.1 Å². The first kappa shape index (κ1) is 14.8. The number of nitrogens with zero attached hydrogens (tertiary/aromatic N) is 2. The number of hydrogen-bond donors (Lipinski definition) is 1. The summed E-state index contributed by atoms with van der Waals surface area (Å²) in [6.07, 6.45) is -4.51. The number of carbonyl (C=O) groups is 1. The molecule has 0 bridgehead atoms. The Labute approximate surface area is 108 Å². The third-order valence-electron chi connectivity index (χ3n) is 2.51. The molecule has 0 spiro atoms. The number of nitriles is 1. The molecule has 1 amide bonds. The summed E-state index contributed by atoms with van der Waals surface area (Å²) in [5.41, 5.74) is 4.27. The molecule has 0 saturated carbocycles. The Morgan fingerprint density at radius 3 is 2.53 bits per heavy atom. The van der Waals surface area contributed by atoms with Gasteiger partial charge in [0.25, 0.3) is 0 Å². The van der Waals surface area contributed by atoms with E-state index < -0.39 is 17.6 Å². The molecule has 0 aliphatic rings. The molecule has 0 heterocycles. The van der Waals surface area contributed by atoms with Crippen LogP contribution in [0.3, 0.4) is 0 Å². The van der Waals surface area contributed by atoms with Gasteiger partial charge in [-0.25, -0.2) is 0 Å². The van der Waals surface area contributed by atoms with Crippen LogP contribution in [0.15, 0.2) is 18.2 Å². The van der Waals surface area contributed by atoms with Crippen molar-refractivity contribution in [3.8, 4) is 6.07 Å². The van der Waals surface area contributed by atoms with Crippen LogP contribution >= 0.6 is 0 Å². The van der Waals surface area contributed by atoms with Gasteiger partial charge in [-0.2, -0.15) is 18.4 Å². The lowest BCUT2D eigenvalue weighted by Gasteiger charge is -2.23. The van der Waals surface area contributed by atoms with E-state index in [4.69, 9.17) is 11.0 Å². The van der Waals surface area contributed by atoms with Crippen molar-refractivity contribution in [1.82, 2.24) is 0 Å². The van der Waals surface area contributed by atoms with Crippen molar-refractivity contribution in [2.75, 3.05) is 18.0 Å². The van der Waals surface area contributed by atoms with Gasteiger partial charge in [-0.05, 0) is 25.1 Å². The number of nitrogens with two attached hydrogens (primary N) is 1. The average Bonchev–Trinajstić information content (AvgIpc) is 2.33. The molecule has 0 atom stereocenters. The number of benzene rings is 1. The molecule has 0 aromatic heterocycles. The fourth-order valence-corrected chi connectivity index (χ4v) is 1.63. The highest BCUT2D eigenvalue weighted by molar-refractivity contribution is 5.80. The van der Waals surface area contributed by atoms with Crippen LogP contribution in [0, 0.1) is 11.3 Å². The first-order valence-electron chi connectivity index (χ1n) is 5.44. The van der Waals surface area contributed by atoms with Crippen molar-refractivity contribution in [1.29, 1.82) is 5.26 Å². The van der Waals surface area contributed by atoms with E-state index in [1.807, 2.05) is 0 Å². The quantitative estimate of drug-likeness (QED) is 0.909. The van der Waals surface area contributed by atoms with Gasteiger partial charge in [-0.1, -0.05) is 0 Å². The van der Waals surface area contributed by atoms with Gasteiger partial charge in [0.2, 0.25) is 5.91 Å². The van der Waals surface area contributed by atoms with Crippen molar-refractivity contribution < 1.29 is 18.0 Å². The first-order chi connectivity index (χ1) is 8.79. The molecule has 0 saturated heterocycles. The number of halogens is 3. The summed E-state index contributed by atoms with van der Waals surface area (Å²) in [7, 11) is 0. The van der Waals surface area contributed by atoms with Crippen LogP contribution in [0.4, 0.5) is 18.9 Å². The van der Waals surface area contributed by atoms with E-state index in [1.165, 1.54) is 11.0 Å². The molecule has 4 nitrogen and oxygen atoms in total. The Bertz CT molecular complexity index is 520. The average molecular weight is 271 g/mol. The van der Waals surface area contributed by atoms with Gasteiger partial charge in [0.05, 0.1) is 23.4 Å². The Morgan fingerprint density at radius 2 is 2.11 bits per heavy atom. The van der Waals surface area contributed by atoms with Crippen LogP contribution in [0.1, 0.15) is 18.1 Å². The van der Waals surface area contributed by atoms with Crippen molar-refractivity contribution in [2.45, 2.75) is 13.1 Å². The molecule has 0 aliphatic carbocycles. The molecule has 102 valence electrons. The summed E-state index contributed by atoms with van der Waals surface area (Å²) in [6.45, 7) is 1.90. The summed E-state index contributed by atoms with van der Waals surface area (Å²) in [6, 6.07) is 4.51. The van der Waals surface area contributed by atoms with Crippen molar-refractivity contribution in [3.63, 3.8) is 0 Å². The SMILES string of the molecule is CCN(CC(N)=O)c1ccc(C(F)(F)F)cc1C#N. The lowest BCUT2D eigenvalue weighted by molar-refractivity contribution is -0.137. The lowest BCUT2D eigenvalue weighted by atomic mass is 10.1. The summed E-state index contributed by atoms with van der Waals surface area (Å²) < 4.78 is 37.6. The first-order valence-corrected chi connectivity index (χ1v) is 5.44. The maximum Gasteiger partial charge on any atom is 0.416 e. The molecular formula is C12H12F3N3O. The molecule has 0 unspecified atom stereocenters. The highest BCUT2D eigenvalue weighted by atomic mass is 19.4. The molecule has 1 rings (SSSR count). The van der Waals surface area contributed by atoms with Gasteiger partial charge in [0.15, 0.2) is 0 Å². The van der Waals surface area contributed by atoms with Gasteiger partial charge in [0.1, 0.15) is 6.07 Å². The van der Waals surface area contributed by atoms with Crippen LogP contribution in [-0.2, 0) is 11.0 Å². The largest absolute Gasteiger partial charge is 0.416 e. The predicted octanol–water partition coefficient (Wildman–Crippen LogP) is 1.89. The molecule has 1 aromatic rings. The maximum absolute atomic E-state index is 12.5. The van der Waals surface area contributed by atoms with Crippen molar-refractivity contribution in [3.05, 3.63) is 29.3 Å². The third kappa shape index (κ3) is 3.61. The third-order valence-corrected chi connectivity index (χ3v) is 2.51. The standard InChI is InChI=1S/C12H12F3N3O/c1-2-18(7-11(17)19)10-4-3-9(12(13,14)15)5-8(10)6-16/h3-5H,2,7H2,1H3,(H2,17,19). The minimum atomic E-state index is -4.51. The highest BCUT2D eigenvalue weighted by Crippen LogP contribution is 2.32. The van der Waals surface area contributed by atoms with Crippen molar-refractivity contribution >= 4 is 11.6 Å². The number of primary amides is 1. The summed E-state index contributed by atoms with van der Waals surface area (Å²) >= 11 is 0. The monoisotopic (exact) mass is 271 g/mol. The van der Waals surface area contributed by atoms with Crippen LogP contribution in [0.5, 0.6) is 0 Å². The smallest absolute Gasteiger partial charge is 0.368 e. The molecule has 19 heavy (non-hydrogen) atoms. The zero-order valence-electron chi connectivity index (χ0n) is 10.2. The van der Waals surface area contributed by atoms with E-state index in [0.29, 0.717) is 6.54 Å². The molecule has 7 heteroatoms. The topological polar surface area (TPSA) is 70.1 Å². The number of alkyl halides is 3. The zero-order valence-corrected chi connectivity index (χ0v) is 10.2. The number of carbonyl (C=O) groups excluding carboxylic acids is 1. The summed E-state index contributed by atoms with van der Waals surface area (Å²) in [5, 5.41) is 8.93. The Kier molecular flexibility index (Phi) is 4.38. The highest BCUT2D eigenvalue weighted by Gasteiger charge is 2.31. The predicted molar refractivity (Wildman–Crippen MR) is 63.2 cm³/mol. The van der Waals surface area contributed by atoms with Crippen molar-refractivity contribution in [2.24, 2.45) is 5.73 Å². The Morgan fingerprint density at radius 1 is 1.47 bits per heavy atom. The second-order valence-electron chi connectivity index (χ2n) is 3.82. The van der Waals surface area contributed by atoms with Crippen LogP contribution < -0.4 is 10.6 Å². The van der Waals surface area contributed by atoms with Gasteiger partial charge in [-0.15, -0.1) is 0 Å². The summed E-state index contributed by atoms with van der Waals surface area (Å²) in [5.74, 6) is -0.620. The normalized spacial score (nSPS) is 10.9. The molecular weight excluding hydrogens is 259 g/mol. The van der Waals surface area contributed by atoms with Gasteiger partial charge < -0.3 is 10.6 Å². The molecule has 0 aliphatic heterocycles. The van der Waals surface area contributed by atoms with Gasteiger partial charge in [-0.3, -0.25) is 4.79 Å². The van der Waals surface area contributed by atoms with Crippen LogP contribution in [0.25, 0.3) is 0 Å².